The predicted molar refractivity (Wildman–Crippen MR) is 320 cm³/mol. The number of nitrogens with one attached hydrogen (secondary N) is 1. The Balaban J connectivity index is 3.38. The van der Waals surface area contributed by atoms with Crippen LogP contribution in [0.5, 0.6) is 0 Å². The third-order valence-corrected chi connectivity index (χ3v) is 16.2. The maximum atomic E-state index is 12.5. The van der Waals surface area contributed by atoms with Crippen LogP contribution in [0.3, 0.4) is 0 Å². The number of aliphatic hydroxyl groups is 2. The lowest BCUT2D eigenvalue weighted by atomic mass is 10.0. The fraction of sp³-hybridized carbons (Fsp3) is 0.970. The van der Waals surface area contributed by atoms with Gasteiger partial charge in [-0.05, 0) is 25.7 Å². The fourth-order valence-electron chi connectivity index (χ4n) is 11.0. The zero-order valence-corrected chi connectivity index (χ0v) is 49.9. The molecule has 0 aromatic heterocycles. The standard InChI is InChI=1S/C67H133NO5/c1-3-5-7-9-11-13-15-17-19-21-23-24-25-27-31-35-39-43-47-51-55-59-65(70)64(63-69)68-66(71)60-56-52-48-44-40-36-32-28-26-30-34-38-42-46-50-54-58-62-73-67(72)61-57-53-49-45-41-37-33-29-22-20-18-16-14-12-10-8-6-4-2/h64-65,69-70H,3-63H2,1-2H3,(H,68,71). The van der Waals surface area contributed by atoms with Crippen molar-refractivity contribution < 1.29 is 24.5 Å². The van der Waals surface area contributed by atoms with E-state index in [4.69, 9.17) is 4.74 Å². The summed E-state index contributed by atoms with van der Waals surface area (Å²) in [7, 11) is 0. The minimum atomic E-state index is -0.668. The van der Waals surface area contributed by atoms with Crippen LogP contribution in [0.15, 0.2) is 0 Å². The second kappa shape index (κ2) is 63.4. The van der Waals surface area contributed by atoms with E-state index in [9.17, 15) is 19.8 Å². The highest BCUT2D eigenvalue weighted by Gasteiger charge is 2.20. The molecule has 0 aliphatic heterocycles. The van der Waals surface area contributed by atoms with E-state index in [1.54, 1.807) is 0 Å². The van der Waals surface area contributed by atoms with Gasteiger partial charge in [0, 0.05) is 12.8 Å². The molecule has 0 radical (unpaired) electrons. The first-order valence-corrected chi connectivity index (χ1v) is 33.8. The number of ether oxygens (including phenoxy) is 1. The molecule has 2 atom stereocenters. The molecule has 0 aromatic carbocycles. The van der Waals surface area contributed by atoms with Crippen molar-refractivity contribution in [2.24, 2.45) is 0 Å². The Bertz CT molecular complexity index is 1050. The molecule has 2 unspecified atom stereocenters. The summed E-state index contributed by atoms with van der Waals surface area (Å²) < 4.78 is 5.50. The lowest BCUT2D eigenvalue weighted by molar-refractivity contribution is -0.143. The zero-order valence-electron chi connectivity index (χ0n) is 49.9. The Labute approximate surface area is 457 Å². The quantitative estimate of drug-likeness (QED) is 0.0417. The van der Waals surface area contributed by atoms with Crippen molar-refractivity contribution in [2.45, 2.75) is 405 Å². The van der Waals surface area contributed by atoms with E-state index in [0.717, 1.165) is 38.5 Å². The topological polar surface area (TPSA) is 95.9 Å². The Morgan fingerprint density at radius 2 is 0.562 bits per heavy atom. The Kier molecular flexibility index (Phi) is 62.4. The van der Waals surface area contributed by atoms with Gasteiger partial charge in [-0.1, -0.05) is 354 Å². The molecular formula is C67H133NO5. The van der Waals surface area contributed by atoms with Gasteiger partial charge in [-0.25, -0.2) is 0 Å². The van der Waals surface area contributed by atoms with Gasteiger partial charge >= 0.3 is 5.97 Å². The van der Waals surface area contributed by atoms with Crippen molar-refractivity contribution in [2.75, 3.05) is 13.2 Å². The van der Waals surface area contributed by atoms with Crippen LogP contribution < -0.4 is 5.32 Å². The molecule has 0 spiro atoms. The zero-order chi connectivity index (χ0) is 52.9. The van der Waals surface area contributed by atoms with E-state index in [1.807, 2.05) is 0 Å². The van der Waals surface area contributed by atoms with E-state index in [1.165, 1.54) is 321 Å². The molecule has 0 aliphatic rings. The minimum absolute atomic E-state index is 0.0115. The van der Waals surface area contributed by atoms with Crippen molar-refractivity contribution in [3.8, 4) is 0 Å². The molecule has 0 aromatic rings. The van der Waals surface area contributed by atoms with Crippen molar-refractivity contribution in [3.05, 3.63) is 0 Å². The number of hydrogen-bond donors (Lipinski definition) is 3. The molecule has 0 heterocycles. The number of rotatable bonds is 64. The molecule has 0 fully saturated rings. The average molecular weight is 1030 g/mol. The summed E-state index contributed by atoms with van der Waals surface area (Å²) in [5.74, 6) is -0.0235. The molecule has 0 aliphatic carbocycles. The van der Waals surface area contributed by atoms with Gasteiger partial charge in [0.15, 0.2) is 0 Å². The molecule has 0 rings (SSSR count). The van der Waals surface area contributed by atoms with Gasteiger partial charge in [-0.3, -0.25) is 9.59 Å². The van der Waals surface area contributed by atoms with E-state index in [-0.39, 0.29) is 18.5 Å². The van der Waals surface area contributed by atoms with Crippen LogP contribution in [-0.2, 0) is 14.3 Å². The number of carbonyl (C=O) groups excluding carboxylic acids is 2. The van der Waals surface area contributed by atoms with Crippen LogP contribution >= 0.6 is 0 Å². The number of unbranched alkanes of at least 4 members (excludes halogenated alkanes) is 53. The number of amides is 1. The molecule has 0 bridgehead atoms. The van der Waals surface area contributed by atoms with Gasteiger partial charge in [0.2, 0.25) is 5.91 Å². The van der Waals surface area contributed by atoms with Crippen LogP contribution in [0.4, 0.5) is 0 Å². The molecule has 436 valence electrons. The number of aliphatic hydroxyl groups excluding tert-OH is 2. The predicted octanol–water partition coefficient (Wildman–Crippen LogP) is 21.4. The van der Waals surface area contributed by atoms with Crippen LogP contribution in [0.1, 0.15) is 393 Å². The molecule has 3 N–H and O–H groups in total. The van der Waals surface area contributed by atoms with Gasteiger partial charge < -0.3 is 20.3 Å². The van der Waals surface area contributed by atoms with Crippen molar-refractivity contribution in [3.63, 3.8) is 0 Å². The van der Waals surface area contributed by atoms with Crippen LogP contribution in [0.25, 0.3) is 0 Å². The highest BCUT2D eigenvalue weighted by atomic mass is 16.5. The van der Waals surface area contributed by atoms with Crippen molar-refractivity contribution in [1.82, 2.24) is 5.32 Å². The summed E-state index contributed by atoms with van der Waals surface area (Å²) in [6.45, 7) is 4.99. The van der Waals surface area contributed by atoms with E-state index in [0.29, 0.717) is 25.9 Å². The third-order valence-electron chi connectivity index (χ3n) is 16.2. The first kappa shape index (κ1) is 71.9. The van der Waals surface area contributed by atoms with E-state index in [2.05, 4.69) is 19.2 Å². The fourth-order valence-corrected chi connectivity index (χ4v) is 11.0. The largest absolute Gasteiger partial charge is 0.466 e. The lowest BCUT2D eigenvalue weighted by Gasteiger charge is -2.22. The minimum Gasteiger partial charge on any atom is -0.466 e. The summed E-state index contributed by atoms with van der Waals surface area (Å²) in [5.41, 5.74) is 0. The Morgan fingerprint density at radius 3 is 0.836 bits per heavy atom. The molecule has 73 heavy (non-hydrogen) atoms. The smallest absolute Gasteiger partial charge is 0.305 e. The second-order valence-corrected chi connectivity index (χ2v) is 23.5. The molecule has 1 amide bonds. The summed E-state index contributed by atoms with van der Waals surface area (Å²) in [6.07, 6.45) is 75.5. The highest BCUT2D eigenvalue weighted by Crippen LogP contribution is 2.19. The summed E-state index contributed by atoms with van der Waals surface area (Å²) >= 11 is 0. The highest BCUT2D eigenvalue weighted by molar-refractivity contribution is 5.76. The lowest BCUT2D eigenvalue weighted by Crippen LogP contribution is -2.45. The summed E-state index contributed by atoms with van der Waals surface area (Å²) in [6, 6.07) is -0.545. The van der Waals surface area contributed by atoms with Gasteiger partial charge in [0.05, 0.1) is 25.4 Å². The molecule has 6 nitrogen and oxygen atoms in total. The number of esters is 1. The normalized spacial score (nSPS) is 12.4. The van der Waals surface area contributed by atoms with E-state index >= 15 is 0 Å². The summed E-state index contributed by atoms with van der Waals surface area (Å²) in [4.78, 5) is 24.6. The molecular weight excluding hydrogens is 899 g/mol. The number of carbonyl (C=O) groups is 2. The van der Waals surface area contributed by atoms with Gasteiger partial charge in [-0.15, -0.1) is 0 Å². The van der Waals surface area contributed by atoms with Crippen molar-refractivity contribution in [1.29, 1.82) is 0 Å². The first-order valence-electron chi connectivity index (χ1n) is 33.8. The van der Waals surface area contributed by atoms with Crippen LogP contribution in [0.2, 0.25) is 0 Å². The maximum absolute atomic E-state index is 12.5. The second-order valence-electron chi connectivity index (χ2n) is 23.5. The molecule has 6 heteroatoms. The van der Waals surface area contributed by atoms with Gasteiger partial charge in [0.1, 0.15) is 0 Å². The maximum Gasteiger partial charge on any atom is 0.305 e. The first-order chi connectivity index (χ1) is 36.0. The molecule has 0 saturated heterocycles. The van der Waals surface area contributed by atoms with Gasteiger partial charge in [0.25, 0.3) is 0 Å². The van der Waals surface area contributed by atoms with Crippen LogP contribution in [-0.4, -0.2) is 47.4 Å². The summed E-state index contributed by atoms with van der Waals surface area (Å²) in [5, 5.41) is 23.4. The molecule has 0 saturated carbocycles. The average Bonchev–Trinajstić information content (AvgIpc) is 3.39. The Morgan fingerprint density at radius 1 is 0.329 bits per heavy atom. The van der Waals surface area contributed by atoms with Crippen molar-refractivity contribution >= 4 is 11.9 Å². The third kappa shape index (κ3) is 60.0. The monoisotopic (exact) mass is 1030 g/mol. The SMILES string of the molecule is CCCCCCCCCCCCCCCCCCCCCCCC(O)C(CO)NC(=O)CCCCCCCCCCCCCCCCCCCOC(=O)CCCCCCCCCCCCCCCCCCCC. The van der Waals surface area contributed by atoms with Gasteiger partial charge in [-0.2, -0.15) is 0 Å². The van der Waals surface area contributed by atoms with E-state index < -0.39 is 12.1 Å². The van der Waals surface area contributed by atoms with Crippen LogP contribution in [0, 0.1) is 0 Å². The number of hydrogen-bond acceptors (Lipinski definition) is 5. The Hall–Kier alpha value is -1.14.